The predicted octanol–water partition coefficient (Wildman–Crippen LogP) is 3.56. The highest BCUT2D eigenvalue weighted by molar-refractivity contribution is 5.97. The Morgan fingerprint density at radius 3 is 2.59 bits per heavy atom. The lowest BCUT2D eigenvalue weighted by Crippen LogP contribution is -2.05. The maximum absolute atomic E-state index is 13.0. The van der Waals surface area contributed by atoms with Gasteiger partial charge in [-0.25, -0.2) is 4.39 Å². The average molecular weight is 228 g/mol. The minimum absolute atomic E-state index is 0.0567. The number of halogens is 1. The first-order valence-electron chi connectivity index (χ1n) is 5.50. The van der Waals surface area contributed by atoms with E-state index in [-0.39, 0.29) is 11.6 Å². The van der Waals surface area contributed by atoms with E-state index in [9.17, 15) is 9.18 Å². The van der Waals surface area contributed by atoms with Crippen molar-refractivity contribution in [1.29, 1.82) is 0 Å². The molecule has 0 bridgehead atoms. The van der Waals surface area contributed by atoms with Crippen molar-refractivity contribution in [2.75, 3.05) is 0 Å². The molecule has 0 aliphatic carbocycles. The molecule has 0 amide bonds. The molecule has 0 aliphatic heterocycles. The van der Waals surface area contributed by atoms with Gasteiger partial charge in [0, 0.05) is 12.0 Å². The van der Waals surface area contributed by atoms with Crippen molar-refractivity contribution in [3.05, 3.63) is 71.0 Å². The number of carbonyl (C=O) groups is 1. The molecule has 0 heterocycles. The van der Waals surface area contributed by atoms with Gasteiger partial charge in [0.1, 0.15) is 5.82 Å². The predicted molar refractivity (Wildman–Crippen MR) is 65.6 cm³/mol. The van der Waals surface area contributed by atoms with Crippen LogP contribution in [0, 0.1) is 12.7 Å². The molecular formula is C15H13FO. The van der Waals surface area contributed by atoms with Crippen LogP contribution < -0.4 is 0 Å². The maximum atomic E-state index is 13.0. The Labute approximate surface area is 99.9 Å². The number of ketones is 1. The van der Waals surface area contributed by atoms with Crippen LogP contribution in [0.4, 0.5) is 4.39 Å². The summed E-state index contributed by atoms with van der Waals surface area (Å²) < 4.78 is 13.0. The van der Waals surface area contributed by atoms with E-state index in [2.05, 4.69) is 0 Å². The summed E-state index contributed by atoms with van der Waals surface area (Å²) in [6.45, 7) is 1.97. The molecule has 0 aromatic heterocycles. The van der Waals surface area contributed by atoms with Crippen LogP contribution in [0.15, 0.2) is 48.5 Å². The molecule has 0 fully saturated rings. The van der Waals surface area contributed by atoms with Gasteiger partial charge in [0.05, 0.1) is 0 Å². The normalized spacial score (nSPS) is 10.2. The molecule has 17 heavy (non-hydrogen) atoms. The number of hydrogen-bond donors (Lipinski definition) is 0. The van der Waals surface area contributed by atoms with Gasteiger partial charge in [-0.05, 0) is 30.2 Å². The lowest BCUT2D eigenvalue weighted by atomic mass is 9.99. The number of benzene rings is 2. The van der Waals surface area contributed by atoms with Crippen LogP contribution in [0.5, 0.6) is 0 Å². The molecule has 1 nitrogen and oxygen atoms in total. The highest BCUT2D eigenvalue weighted by Crippen LogP contribution is 2.12. The molecule has 0 unspecified atom stereocenters. The van der Waals surface area contributed by atoms with E-state index >= 15 is 0 Å². The SMILES string of the molecule is Cc1ccccc1CC(=O)c1cccc(F)c1. The van der Waals surface area contributed by atoms with Crippen molar-refractivity contribution < 1.29 is 9.18 Å². The molecule has 86 valence electrons. The average Bonchev–Trinajstić information content (AvgIpc) is 2.32. The van der Waals surface area contributed by atoms with E-state index in [0.29, 0.717) is 12.0 Å². The molecule has 0 saturated carbocycles. The maximum Gasteiger partial charge on any atom is 0.167 e. The monoisotopic (exact) mass is 228 g/mol. The zero-order valence-corrected chi connectivity index (χ0v) is 9.61. The molecule has 0 N–H and O–H groups in total. The van der Waals surface area contributed by atoms with Crippen LogP contribution in [0.2, 0.25) is 0 Å². The van der Waals surface area contributed by atoms with Crippen LogP contribution in [0.1, 0.15) is 21.5 Å². The van der Waals surface area contributed by atoms with Crippen molar-refractivity contribution in [2.24, 2.45) is 0 Å². The van der Waals surface area contributed by atoms with Gasteiger partial charge >= 0.3 is 0 Å². The van der Waals surface area contributed by atoms with Gasteiger partial charge in [-0.2, -0.15) is 0 Å². The minimum atomic E-state index is -0.374. The third-order valence-electron chi connectivity index (χ3n) is 2.76. The smallest absolute Gasteiger partial charge is 0.167 e. The molecule has 0 saturated heterocycles. The van der Waals surface area contributed by atoms with Gasteiger partial charge in [-0.1, -0.05) is 36.4 Å². The lowest BCUT2D eigenvalue weighted by Gasteiger charge is -2.04. The second-order valence-corrected chi connectivity index (χ2v) is 4.04. The van der Waals surface area contributed by atoms with Crippen molar-refractivity contribution in [3.8, 4) is 0 Å². The van der Waals surface area contributed by atoms with E-state index < -0.39 is 0 Å². The fraction of sp³-hybridized carbons (Fsp3) is 0.133. The van der Waals surface area contributed by atoms with Crippen LogP contribution >= 0.6 is 0 Å². The molecule has 0 radical (unpaired) electrons. The molecule has 0 spiro atoms. The second kappa shape index (κ2) is 4.91. The summed E-state index contributed by atoms with van der Waals surface area (Å²) in [7, 11) is 0. The van der Waals surface area contributed by atoms with Crippen molar-refractivity contribution in [2.45, 2.75) is 13.3 Å². The fourth-order valence-corrected chi connectivity index (χ4v) is 1.75. The lowest BCUT2D eigenvalue weighted by molar-refractivity contribution is 0.0992. The number of rotatable bonds is 3. The Kier molecular flexibility index (Phi) is 3.33. The quantitative estimate of drug-likeness (QED) is 0.734. The minimum Gasteiger partial charge on any atom is -0.294 e. The highest BCUT2D eigenvalue weighted by atomic mass is 19.1. The van der Waals surface area contributed by atoms with Gasteiger partial charge in [0.2, 0.25) is 0 Å². The molecule has 2 aromatic carbocycles. The van der Waals surface area contributed by atoms with Gasteiger partial charge in [-0.3, -0.25) is 4.79 Å². The molecular weight excluding hydrogens is 215 g/mol. The van der Waals surface area contributed by atoms with E-state index in [4.69, 9.17) is 0 Å². The van der Waals surface area contributed by atoms with Crippen molar-refractivity contribution in [3.63, 3.8) is 0 Å². The molecule has 2 aromatic rings. The standard InChI is InChI=1S/C15H13FO/c1-11-5-2-3-6-12(11)10-15(17)13-7-4-8-14(16)9-13/h2-9H,10H2,1H3. The first-order chi connectivity index (χ1) is 8.16. The summed E-state index contributed by atoms with van der Waals surface area (Å²) in [5.41, 5.74) is 2.49. The fourth-order valence-electron chi connectivity index (χ4n) is 1.75. The summed E-state index contributed by atoms with van der Waals surface area (Å²) in [5.74, 6) is -0.431. The Hall–Kier alpha value is -1.96. The first-order valence-corrected chi connectivity index (χ1v) is 5.50. The third-order valence-corrected chi connectivity index (χ3v) is 2.76. The van der Waals surface area contributed by atoms with E-state index in [1.807, 2.05) is 31.2 Å². The molecule has 2 heteroatoms. The Morgan fingerprint density at radius 1 is 1.12 bits per heavy atom. The summed E-state index contributed by atoms with van der Waals surface area (Å²) in [6, 6.07) is 13.5. The summed E-state index contributed by atoms with van der Waals surface area (Å²) >= 11 is 0. The molecule has 0 atom stereocenters. The Bertz CT molecular complexity index is 546. The summed E-state index contributed by atoms with van der Waals surface area (Å²) in [6.07, 6.45) is 0.316. The number of hydrogen-bond acceptors (Lipinski definition) is 1. The van der Waals surface area contributed by atoms with Gasteiger partial charge in [-0.15, -0.1) is 0 Å². The van der Waals surface area contributed by atoms with Crippen molar-refractivity contribution >= 4 is 5.78 Å². The van der Waals surface area contributed by atoms with Gasteiger partial charge in [0.25, 0.3) is 0 Å². The van der Waals surface area contributed by atoms with Gasteiger partial charge in [0.15, 0.2) is 5.78 Å². The zero-order valence-electron chi connectivity index (χ0n) is 9.61. The van der Waals surface area contributed by atoms with Crippen LogP contribution in [0.25, 0.3) is 0 Å². The van der Waals surface area contributed by atoms with Crippen molar-refractivity contribution in [1.82, 2.24) is 0 Å². The van der Waals surface area contributed by atoms with Crippen LogP contribution in [0.3, 0.4) is 0 Å². The Morgan fingerprint density at radius 2 is 1.88 bits per heavy atom. The summed E-state index contributed by atoms with van der Waals surface area (Å²) in [4.78, 5) is 12.0. The second-order valence-electron chi connectivity index (χ2n) is 4.04. The zero-order chi connectivity index (χ0) is 12.3. The van der Waals surface area contributed by atoms with Gasteiger partial charge < -0.3 is 0 Å². The largest absolute Gasteiger partial charge is 0.294 e. The number of Topliss-reactive ketones (excluding diaryl/α,β-unsaturated/α-hetero) is 1. The highest BCUT2D eigenvalue weighted by Gasteiger charge is 2.08. The number of aryl methyl sites for hydroxylation is 1. The Balaban J connectivity index is 2.20. The topological polar surface area (TPSA) is 17.1 Å². The molecule has 0 aliphatic rings. The third kappa shape index (κ3) is 2.78. The summed E-state index contributed by atoms with van der Waals surface area (Å²) in [5, 5.41) is 0. The van der Waals surface area contributed by atoms with E-state index in [0.717, 1.165) is 11.1 Å². The van der Waals surface area contributed by atoms with E-state index in [1.165, 1.54) is 12.1 Å². The van der Waals surface area contributed by atoms with Crippen LogP contribution in [-0.4, -0.2) is 5.78 Å². The number of carbonyl (C=O) groups excluding carboxylic acids is 1. The first kappa shape index (κ1) is 11.5. The molecule has 2 rings (SSSR count). The van der Waals surface area contributed by atoms with E-state index in [1.54, 1.807) is 12.1 Å². The van der Waals surface area contributed by atoms with Crippen LogP contribution in [-0.2, 0) is 6.42 Å².